The molecular weight excluding hydrogens is 519 g/mol. The molecule has 0 fully saturated rings. The zero-order valence-corrected chi connectivity index (χ0v) is 22.1. The molecule has 0 aliphatic carbocycles. The second kappa shape index (κ2) is 11.5. The number of nitrogens with one attached hydrogen (secondary N) is 1. The number of rotatable bonds is 9. The standard InChI is InChI=1S/C24H29ClF3N3O4S/c1-15(2)29-23(33)17(4)30(13-18-8-6-7-16(3)11-18)22(32)14-31(36(5,34)35)21-12-19(24(26,27)28)9-10-20(21)25/h6-12,15,17H,13-14H2,1-5H3,(H,29,33). The molecule has 0 aromatic heterocycles. The van der Waals surface area contributed by atoms with Crippen molar-refractivity contribution in [1.82, 2.24) is 10.2 Å². The van der Waals surface area contributed by atoms with Crippen molar-refractivity contribution in [3.05, 3.63) is 64.2 Å². The Bertz CT molecular complexity index is 1220. The number of carbonyl (C=O) groups excluding carboxylic acids is 2. The summed E-state index contributed by atoms with van der Waals surface area (Å²) >= 11 is 6.07. The van der Waals surface area contributed by atoms with Crippen LogP contribution >= 0.6 is 11.6 Å². The molecule has 2 rings (SSSR count). The minimum absolute atomic E-state index is 0.0267. The lowest BCUT2D eigenvalue weighted by molar-refractivity contribution is -0.139. The number of aryl methyl sites for hydroxylation is 1. The van der Waals surface area contributed by atoms with Crippen molar-refractivity contribution >= 4 is 39.1 Å². The number of hydrogen-bond acceptors (Lipinski definition) is 4. The first-order chi connectivity index (χ1) is 16.5. The molecular formula is C24H29ClF3N3O4S. The van der Waals surface area contributed by atoms with E-state index in [1.54, 1.807) is 26.0 Å². The van der Waals surface area contributed by atoms with E-state index in [-0.39, 0.29) is 17.6 Å². The topological polar surface area (TPSA) is 86.8 Å². The van der Waals surface area contributed by atoms with Crippen LogP contribution in [0, 0.1) is 6.92 Å². The molecule has 0 radical (unpaired) electrons. The third kappa shape index (κ3) is 7.86. The summed E-state index contributed by atoms with van der Waals surface area (Å²) in [5.41, 5.74) is -0.00956. The van der Waals surface area contributed by atoms with Crippen LogP contribution in [-0.4, -0.2) is 50.0 Å². The normalized spacial score (nSPS) is 12.8. The molecule has 0 saturated heterocycles. The molecule has 1 atom stereocenters. The van der Waals surface area contributed by atoms with Gasteiger partial charge in [0.15, 0.2) is 0 Å². The molecule has 7 nitrogen and oxygen atoms in total. The fourth-order valence-corrected chi connectivity index (χ4v) is 4.59. The molecule has 2 amide bonds. The molecule has 1 unspecified atom stereocenters. The summed E-state index contributed by atoms with van der Waals surface area (Å²) in [6.07, 6.45) is -4.00. The van der Waals surface area contributed by atoms with E-state index in [9.17, 15) is 31.2 Å². The molecule has 36 heavy (non-hydrogen) atoms. The van der Waals surface area contributed by atoms with Crippen LogP contribution in [0.4, 0.5) is 18.9 Å². The van der Waals surface area contributed by atoms with E-state index >= 15 is 0 Å². The summed E-state index contributed by atoms with van der Waals surface area (Å²) in [4.78, 5) is 27.4. The molecule has 0 spiro atoms. The lowest BCUT2D eigenvalue weighted by Gasteiger charge is -2.32. The van der Waals surface area contributed by atoms with Crippen molar-refractivity contribution in [3.63, 3.8) is 0 Å². The van der Waals surface area contributed by atoms with Crippen molar-refractivity contribution in [2.24, 2.45) is 0 Å². The van der Waals surface area contributed by atoms with Crippen LogP contribution in [0.25, 0.3) is 0 Å². The van der Waals surface area contributed by atoms with Gasteiger partial charge in [-0.15, -0.1) is 0 Å². The van der Waals surface area contributed by atoms with Gasteiger partial charge in [-0.3, -0.25) is 13.9 Å². The fourth-order valence-electron chi connectivity index (χ4n) is 3.47. The molecule has 0 saturated carbocycles. The second-order valence-corrected chi connectivity index (χ2v) is 11.1. The highest BCUT2D eigenvalue weighted by atomic mass is 35.5. The van der Waals surface area contributed by atoms with Gasteiger partial charge in [-0.1, -0.05) is 41.4 Å². The molecule has 12 heteroatoms. The molecule has 0 bridgehead atoms. The molecule has 198 valence electrons. The Hall–Kier alpha value is -2.79. The van der Waals surface area contributed by atoms with E-state index in [1.165, 1.54) is 11.8 Å². The largest absolute Gasteiger partial charge is 0.416 e. The third-order valence-electron chi connectivity index (χ3n) is 5.25. The van der Waals surface area contributed by atoms with Gasteiger partial charge in [0.2, 0.25) is 21.8 Å². The van der Waals surface area contributed by atoms with E-state index in [4.69, 9.17) is 11.6 Å². The predicted molar refractivity (Wildman–Crippen MR) is 133 cm³/mol. The Morgan fingerprint density at radius 1 is 1.08 bits per heavy atom. The van der Waals surface area contributed by atoms with E-state index in [2.05, 4.69) is 5.32 Å². The van der Waals surface area contributed by atoms with Gasteiger partial charge in [-0.25, -0.2) is 8.42 Å². The molecule has 1 N–H and O–H groups in total. The number of anilines is 1. The Kier molecular flexibility index (Phi) is 9.41. The van der Waals surface area contributed by atoms with Gasteiger partial charge < -0.3 is 10.2 Å². The second-order valence-electron chi connectivity index (χ2n) is 8.78. The number of carbonyl (C=O) groups is 2. The summed E-state index contributed by atoms with van der Waals surface area (Å²) in [7, 11) is -4.24. The highest BCUT2D eigenvalue weighted by Crippen LogP contribution is 2.36. The average Bonchev–Trinajstić information content (AvgIpc) is 2.73. The number of hydrogen-bond donors (Lipinski definition) is 1. The van der Waals surface area contributed by atoms with Gasteiger partial charge in [0.1, 0.15) is 12.6 Å². The van der Waals surface area contributed by atoms with E-state index in [1.807, 2.05) is 19.1 Å². The number of benzene rings is 2. The number of sulfonamides is 1. The first-order valence-electron chi connectivity index (χ1n) is 11.0. The van der Waals surface area contributed by atoms with Crippen LogP contribution in [0.5, 0.6) is 0 Å². The zero-order valence-electron chi connectivity index (χ0n) is 20.6. The Labute approximate surface area is 214 Å². The minimum Gasteiger partial charge on any atom is -0.352 e. The quantitative estimate of drug-likeness (QED) is 0.505. The van der Waals surface area contributed by atoms with Crippen molar-refractivity contribution < 1.29 is 31.2 Å². The third-order valence-corrected chi connectivity index (χ3v) is 6.70. The number of alkyl halides is 3. The fraction of sp³-hybridized carbons (Fsp3) is 0.417. The monoisotopic (exact) mass is 547 g/mol. The van der Waals surface area contributed by atoms with E-state index < -0.39 is 51.9 Å². The molecule has 0 heterocycles. The van der Waals surface area contributed by atoms with Crippen molar-refractivity contribution in [2.75, 3.05) is 17.1 Å². The summed E-state index contributed by atoms with van der Waals surface area (Å²) in [5, 5.41) is 2.43. The average molecular weight is 548 g/mol. The van der Waals surface area contributed by atoms with Crippen molar-refractivity contribution in [2.45, 2.75) is 52.5 Å². The first kappa shape index (κ1) is 29.4. The molecule has 0 aliphatic rings. The predicted octanol–water partition coefficient (Wildman–Crippen LogP) is 4.38. The lowest BCUT2D eigenvalue weighted by atomic mass is 10.1. The van der Waals surface area contributed by atoms with Gasteiger partial charge in [0.05, 0.1) is 22.5 Å². The highest BCUT2D eigenvalue weighted by molar-refractivity contribution is 7.92. The minimum atomic E-state index is -4.76. The summed E-state index contributed by atoms with van der Waals surface area (Å²) in [5.74, 6) is -1.25. The lowest BCUT2D eigenvalue weighted by Crippen LogP contribution is -2.52. The van der Waals surface area contributed by atoms with Crippen LogP contribution in [-0.2, 0) is 32.3 Å². The highest BCUT2D eigenvalue weighted by Gasteiger charge is 2.34. The van der Waals surface area contributed by atoms with Crippen LogP contribution in [0.15, 0.2) is 42.5 Å². The van der Waals surface area contributed by atoms with Crippen LogP contribution < -0.4 is 9.62 Å². The van der Waals surface area contributed by atoms with Crippen molar-refractivity contribution in [3.8, 4) is 0 Å². The maximum Gasteiger partial charge on any atom is 0.416 e. The van der Waals surface area contributed by atoms with Crippen LogP contribution in [0.2, 0.25) is 5.02 Å². The van der Waals surface area contributed by atoms with Gasteiger partial charge in [-0.2, -0.15) is 13.2 Å². The van der Waals surface area contributed by atoms with Gasteiger partial charge >= 0.3 is 6.18 Å². The van der Waals surface area contributed by atoms with Crippen molar-refractivity contribution in [1.29, 1.82) is 0 Å². The number of amides is 2. The van der Waals surface area contributed by atoms with Gasteiger partial charge in [-0.05, 0) is 51.5 Å². The van der Waals surface area contributed by atoms with Gasteiger partial charge in [0.25, 0.3) is 0 Å². The van der Waals surface area contributed by atoms with Crippen LogP contribution in [0.3, 0.4) is 0 Å². The van der Waals surface area contributed by atoms with E-state index in [0.29, 0.717) is 15.9 Å². The zero-order chi connectivity index (χ0) is 27.4. The maximum absolute atomic E-state index is 13.5. The molecule has 2 aromatic carbocycles. The van der Waals surface area contributed by atoms with E-state index in [0.717, 1.165) is 24.0 Å². The van der Waals surface area contributed by atoms with Gasteiger partial charge in [0, 0.05) is 12.6 Å². The SMILES string of the molecule is Cc1cccc(CN(C(=O)CN(c2cc(C(F)(F)F)ccc2Cl)S(C)(=O)=O)C(C)C(=O)NC(C)C)c1. The Balaban J connectivity index is 2.50. The summed E-state index contributed by atoms with van der Waals surface area (Å²) < 4.78 is 65.6. The maximum atomic E-state index is 13.5. The Morgan fingerprint density at radius 2 is 1.72 bits per heavy atom. The first-order valence-corrected chi connectivity index (χ1v) is 13.2. The number of halogens is 4. The number of nitrogens with zero attached hydrogens (tertiary/aromatic N) is 2. The summed E-state index contributed by atoms with van der Waals surface area (Å²) in [6.45, 7) is 5.96. The summed E-state index contributed by atoms with van der Waals surface area (Å²) in [6, 6.07) is 8.19. The smallest absolute Gasteiger partial charge is 0.352 e. The van der Waals surface area contributed by atoms with Crippen LogP contribution in [0.1, 0.15) is 37.5 Å². The molecule has 2 aromatic rings. The Morgan fingerprint density at radius 3 is 2.25 bits per heavy atom. The molecule has 0 aliphatic heterocycles.